The van der Waals surface area contributed by atoms with Crippen molar-refractivity contribution in [1.82, 2.24) is 0 Å². The third-order valence-electron chi connectivity index (χ3n) is 5.85. The predicted octanol–water partition coefficient (Wildman–Crippen LogP) is 7.31. The minimum absolute atomic E-state index is 0.0578. The highest BCUT2D eigenvalue weighted by Crippen LogP contribution is 2.45. The van der Waals surface area contributed by atoms with Gasteiger partial charge in [0.05, 0.1) is 29.2 Å². The molecule has 0 bridgehead atoms. The summed E-state index contributed by atoms with van der Waals surface area (Å²) in [4.78, 5) is 12.4. The Labute approximate surface area is 190 Å². The first-order valence-corrected chi connectivity index (χ1v) is 10.6. The van der Waals surface area contributed by atoms with Gasteiger partial charge in [0.15, 0.2) is 5.78 Å². The van der Waals surface area contributed by atoms with Gasteiger partial charge in [-0.25, -0.2) is 4.39 Å². The molecule has 3 rings (SSSR count). The number of alkyl halides is 7. The second-order valence-electron chi connectivity index (χ2n) is 8.02. The lowest BCUT2D eigenvalue weighted by atomic mass is 9.85. The van der Waals surface area contributed by atoms with Crippen molar-refractivity contribution in [2.75, 3.05) is 5.88 Å². The Morgan fingerprint density at radius 1 is 1.00 bits per heavy atom. The summed E-state index contributed by atoms with van der Waals surface area (Å²) in [7, 11) is 0. The summed E-state index contributed by atoms with van der Waals surface area (Å²) in [6.07, 6.45) is -11.1. The number of halogens is 8. The van der Waals surface area contributed by atoms with Gasteiger partial charge in [0.1, 0.15) is 5.82 Å². The number of carbonyl (C=O) groups is 1. The van der Waals surface area contributed by atoms with Crippen LogP contribution in [0, 0.1) is 11.7 Å². The average molecular weight is 497 g/mol. The van der Waals surface area contributed by atoms with Crippen LogP contribution in [0.15, 0.2) is 42.5 Å². The van der Waals surface area contributed by atoms with E-state index < -0.39 is 53.3 Å². The number of carbonyl (C=O) groups excluding carboxylic acids is 1. The molecule has 1 aliphatic rings. The van der Waals surface area contributed by atoms with E-state index in [1.165, 1.54) is 31.2 Å². The largest absolute Gasteiger partial charge is 0.416 e. The molecule has 33 heavy (non-hydrogen) atoms. The van der Waals surface area contributed by atoms with Crippen molar-refractivity contribution in [3.05, 3.63) is 70.5 Å². The monoisotopic (exact) mass is 496 g/mol. The smallest absolute Gasteiger partial charge is 0.370 e. The predicted molar refractivity (Wildman–Crippen MR) is 107 cm³/mol. The summed E-state index contributed by atoms with van der Waals surface area (Å²) in [5.41, 5.74) is -2.57. The van der Waals surface area contributed by atoms with Crippen molar-refractivity contribution < 1.29 is 40.3 Å². The van der Waals surface area contributed by atoms with Gasteiger partial charge in [0.2, 0.25) is 0 Å². The zero-order chi connectivity index (χ0) is 24.6. The van der Waals surface area contributed by atoms with Gasteiger partial charge in [-0.05, 0) is 61.2 Å². The third kappa shape index (κ3) is 5.87. The number of Topliss-reactive ketones (excluding diaryl/α,β-unsaturated/α-hetero) is 1. The highest BCUT2D eigenvalue weighted by atomic mass is 35.5. The Bertz CT molecular complexity index is 954. The molecule has 0 unspecified atom stereocenters. The zero-order valence-electron chi connectivity index (χ0n) is 17.3. The average Bonchev–Trinajstić information content (AvgIpc) is 3.15. The van der Waals surface area contributed by atoms with E-state index >= 15 is 0 Å². The lowest BCUT2D eigenvalue weighted by molar-refractivity contribution is -0.143. The molecule has 0 spiro atoms. The van der Waals surface area contributed by atoms with Crippen molar-refractivity contribution in [3.8, 4) is 0 Å². The summed E-state index contributed by atoms with van der Waals surface area (Å²) >= 11 is 5.72. The molecule has 4 atom stereocenters. The van der Waals surface area contributed by atoms with E-state index in [4.69, 9.17) is 16.3 Å². The molecule has 0 amide bonds. The molecule has 0 heterocycles. The van der Waals surface area contributed by atoms with E-state index in [-0.39, 0.29) is 23.3 Å². The summed E-state index contributed by atoms with van der Waals surface area (Å²) in [6.45, 7) is 1.36. The lowest BCUT2D eigenvalue weighted by Crippen LogP contribution is -2.27. The number of benzene rings is 2. The number of rotatable bonds is 6. The van der Waals surface area contributed by atoms with Gasteiger partial charge in [-0.2, -0.15) is 26.3 Å². The van der Waals surface area contributed by atoms with Crippen LogP contribution in [0.5, 0.6) is 0 Å². The van der Waals surface area contributed by atoms with Gasteiger partial charge in [-0.3, -0.25) is 4.79 Å². The molecule has 180 valence electrons. The van der Waals surface area contributed by atoms with Crippen LogP contribution in [0.1, 0.15) is 54.0 Å². The number of hydrogen-bond acceptors (Lipinski definition) is 2. The first-order valence-electron chi connectivity index (χ1n) is 10.1. The molecule has 1 fully saturated rings. The van der Waals surface area contributed by atoms with Gasteiger partial charge in [-0.15, -0.1) is 11.6 Å². The Balaban J connectivity index is 1.94. The number of ketones is 1. The maximum Gasteiger partial charge on any atom is 0.416 e. The minimum atomic E-state index is -4.97. The molecule has 0 radical (unpaired) electrons. The Hall–Kier alpha value is -2.13. The quantitative estimate of drug-likeness (QED) is 0.309. The topological polar surface area (TPSA) is 26.3 Å². The molecule has 2 nitrogen and oxygen atoms in total. The molecule has 1 saturated carbocycles. The second kappa shape index (κ2) is 9.62. The first kappa shape index (κ1) is 25.5. The maximum atomic E-state index is 13.4. The van der Waals surface area contributed by atoms with Crippen LogP contribution in [0.4, 0.5) is 30.7 Å². The Morgan fingerprint density at radius 3 is 2.03 bits per heavy atom. The van der Waals surface area contributed by atoms with Crippen molar-refractivity contribution in [3.63, 3.8) is 0 Å². The van der Waals surface area contributed by atoms with Crippen LogP contribution in [0.2, 0.25) is 0 Å². The molecule has 2 aromatic rings. The van der Waals surface area contributed by atoms with Gasteiger partial charge in [0, 0.05) is 11.8 Å². The summed E-state index contributed by atoms with van der Waals surface area (Å²) in [5, 5.41) is 0. The van der Waals surface area contributed by atoms with Crippen molar-refractivity contribution >= 4 is 17.4 Å². The highest BCUT2D eigenvalue weighted by molar-refractivity contribution is 6.28. The summed E-state index contributed by atoms with van der Waals surface area (Å²) in [5.74, 6) is -2.13. The van der Waals surface area contributed by atoms with Crippen LogP contribution in [0.3, 0.4) is 0 Å². The van der Waals surface area contributed by atoms with E-state index in [1.54, 1.807) is 0 Å². The molecule has 0 N–H and O–H groups in total. The number of hydrogen-bond donors (Lipinski definition) is 0. The fourth-order valence-corrected chi connectivity index (χ4v) is 4.46. The maximum absolute atomic E-state index is 13.4. The van der Waals surface area contributed by atoms with Crippen molar-refractivity contribution in [2.45, 2.75) is 50.2 Å². The van der Waals surface area contributed by atoms with Crippen LogP contribution in [-0.2, 0) is 21.9 Å². The van der Waals surface area contributed by atoms with Gasteiger partial charge in [0.25, 0.3) is 0 Å². The third-order valence-corrected chi connectivity index (χ3v) is 6.12. The molecule has 0 aliphatic heterocycles. The van der Waals surface area contributed by atoms with Gasteiger partial charge >= 0.3 is 12.4 Å². The van der Waals surface area contributed by atoms with Crippen LogP contribution >= 0.6 is 11.6 Å². The minimum Gasteiger partial charge on any atom is -0.370 e. The zero-order valence-corrected chi connectivity index (χ0v) is 18.1. The lowest BCUT2D eigenvalue weighted by Gasteiger charge is -2.28. The summed E-state index contributed by atoms with van der Waals surface area (Å²) < 4.78 is 98.6. The van der Waals surface area contributed by atoms with Gasteiger partial charge in [-0.1, -0.05) is 12.1 Å². The molecule has 10 heteroatoms. The van der Waals surface area contributed by atoms with Gasteiger partial charge < -0.3 is 4.74 Å². The molecule has 2 aromatic carbocycles. The van der Waals surface area contributed by atoms with E-state index in [2.05, 4.69) is 0 Å². The summed E-state index contributed by atoms with van der Waals surface area (Å²) in [6, 6.07) is 6.69. The van der Waals surface area contributed by atoms with Crippen LogP contribution < -0.4 is 0 Å². The van der Waals surface area contributed by atoms with E-state index in [0.717, 1.165) is 0 Å². The van der Waals surface area contributed by atoms with Crippen molar-refractivity contribution in [2.24, 2.45) is 5.92 Å². The molecular weight excluding hydrogens is 477 g/mol. The van der Waals surface area contributed by atoms with E-state index in [1.807, 2.05) is 0 Å². The highest BCUT2D eigenvalue weighted by Gasteiger charge is 2.43. The Kier molecular flexibility index (Phi) is 7.43. The van der Waals surface area contributed by atoms with Crippen molar-refractivity contribution in [1.29, 1.82) is 0 Å². The fraction of sp³-hybridized carbons (Fsp3) is 0.435. The first-order chi connectivity index (χ1) is 15.3. The molecule has 1 aliphatic carbocycles. The molecule has 0 aromatic heterocycles. The molecular formula is C23H20ClF7O2. The SMILES string of the molecule is C[C@@H](O[C@H]1CC[C@@H](C(=O)CCl)[C@@H]1c1ccc(F)cc1)c1cc(C(F)(F)F)cc(C(F)(F)F)c1. The van der Waals surface area contributed by atoms with E-state index in [0.29, 0.717) is 30.5 Å². The standard InChI is InChI=1S/C23H20ClF7O2/c1-12(14-8-15(22(26,27)28)10-16(9-14)23(29,30)31)33-20-7-6-18(19(32)11-24)21(20)13-2-4-17(25)5-3-13/h2-5,8-10,12,18,20-21H,6-7,11H2,1H3/t12-,18+,20+,21+/m1/s1. The number of ether oxygens (including phenoxy) is 1. The normalized spacial score (nSPS) is 22.4. The Morgan fingerprint density at radius 2 is 1.55 bits per heavy atom. The van der Waals surface area contributed by atoms with Crippen LogP contribution in [-0.4, -0.2) is 17.8 Å². The van der Waals surface area contributed by atoms with Crippen LogP contribution in [0.25, 0.3) is 0 Å². The fourth-order valence-electron chi connectivity index (χ4n) is 4.26. The van der Waals surface area contributed by atoms with E-state index in [9.17, 15) is 35.5 Å². The second-order valence-corrected chi connectivity index (χ2v) is 8.28. The molecule has 0 saturated heterocycles.